The van der Waals surface area contributed by atoms with Gasteiger partial charge in [0.1, 0.15) is 0 Å². The molecule has 4 nitrogen and oxygen atoms in total. The number of hydrogen-bond donors (Lipinski definition) is 1. The Balaban J connectivity index is 2.12. The maximum Gasteiger partial charge on any atom is 0.251 e. The molecule has 1 amide bonds. The fraction of sp³-hybridized carbons (Fsp3) is 0.381. The van der Waals surface area contributed by atoms with Crippen molar-refractivity contribution >= 4 is 5.91 Å². The Morgan fingerprint density at radius 2 is 1.56 bits per heavy atom. The zero-order valence-electron chi connectivity index (χ0n) is 15.8. The summed E-state index contributed by atoms with van der Waals surface area (Å²) in [4.78, 5) is 12.5. The molecule has 0 aliphatic carbocycles. The fourth-order valence-electron chi connectivity index (χ4n) is 2.61. The number of rotatable bonds is 5. The summed E-state index contributed by atoms with van der Waals surface area (Å²) in [5.41, 5.74) is 2.89. The topological polar surface area (TPSA) is 47.6 Å². The summed E-state index contributed by atoms with van der Waals surface area (Å²) in [5.74, 6) is 1.22. The number of methoxy groups -OCH3 is 2. The van der Waals surface area contributed by atoms with E-state index in [1.165, 1.54) is 5.56 Å². The predicted octanol–water partition coefficient (Wildman–Crippen LogP) is 4.49. The van der Waals surface area contributed by atoms with Gasteiger partial charge in [0.15, 0.2) is 11.5 Å². The summed E-state index contributed by atoms with van der Waals surface area (Å²) in [5, 5.41) is 3.02. The maximum absolute atomic E-state index is 12.5. The van der Waals surface area contributed by atoms with Crippen molar-refractivity contribution in [1.29, 1.82) is 0 Å². The van der Waals surface area contributed by atoms with E-state index in [4.69, 9.17) is 9.47 Å². The molecule has 0 fully saturated rings. The Morgan fingerprint density at radius 1 is 0.960 bits per heavy atom. The van der Waals surface area contributed by atoms with Crippen LogP contribution in [0.1, 0.15) is 55.2 Å². The van der Waals surface area contributed by atoms with Crippen LogP contribution in [0.2, 0.25) is 0 Å². The van der Waals surface area contributed by atoms with Gasteiger partial charge in [-0.15, -0.1) is 0 Å². The van der Waals surface area contributed by atoms with Gasteiger partial charge in [-0.2, -0.15) is 0 Å². The number of carbonyl (C=O) groups excluding carboxylic acids is 1. The highest BCUT2D eigenvalue weighted by Gasteiger charge is 2.16. The van der Waals surface area contributed by atoms with Crippen LogP contribution >= 0.6 is 0 Å². The molecule has 0 radical (unpaired) electrons. The first-order chi connectivity index (χ1) is 11.8. The molecule has 0 aliphatic heterocycles. The van der Waals surface area contributed by atoms with Crippen molar-refractivity contribution in [2.45, 2.75) is 39.2 Å². The summed E-state index contributed by atoms with van der Waals surface area (Å²) in [6, 6.07) is 13.3. The number of benzene rings is 2. The van der Waals surface area contributed by atoms with Crippen LogP contribution in [0, 0.1) is 0 Å². The fourth-order valence-corrected chi connectivity index (χ4v) is 2.61. The van der Waals surface area contributed by atoms with Gasteiger partial charge < -0.3 is 14.8 Å². The normalized spacial score (nSPS) is 12.4. The summed E-state index contributed by atoms with van der Waals surface area (Å²) in [6.07, 6.45) is 0. The van der Waals surface area contributed by atoms with Crippen molar-refractivity contribution < 1.29 is 14.3 Å². The van der Waals surface area contributed by atoms with Gasteiger partial charge >= 0.3 is 0 Å². The van der Waals surface area contributed by atoms with E-state index in [9.17, 15) is 4.79 Å². The molecule has 2 aromatic rings. The molecular formula is C21H27NO3. The summed E-state index contributed by atoms with van der Waals surface area (Å²) in [6.45, 7) is 8.41. The number of ether oxygens (including phenoxy) is 2. The Morgan fingerprint density at radius 3 is 2.08 bits per heavy atom. The first-order valence-electron chi connectivity index (χ1n) is 8.39. The molecule has 0 aliphatic rings. The molecule has 0 heterocycles. The minimum atomic E-state index is -0.144. The van der Waals surface area contributed by atoms with Gasteiger partial charge in [0.25, 0.3) is 5.91 Å². The van der Waals surface area contributed by atoms with Crippen molar-refractivity contribution in [3.63, 3.8) is 0 Å². The van der Waals surface area contributed by atoms with E-state index in [2.05, 4.69) is 26.1 Å². The van der Waals surface area contributed by atoms with E-state index in [-0.39, 0.29) is 17.4 Å². The van der Waals surface area contributed by atoms with Crippen LogP contribution in [0.15, 0.2) is 42.5 Å². The number of amides is 1. The van der Waals surface area contributed by atoms with Crippen LogP contribution in [0.5, 0.6) is 11.5 Å². The first kappa shape index (κ1) is 18.8. The zero-order valence-corrected chi connectivity index (χ0v) is 15.8. The van der Waals surface area contributed by atoms with Crippen molar-refractivity contribution in [1.82, 2.24) is 5.32 Å². The first-order valence-corrected chi connectivity index (χ1v) is 8.39. The van der Waals surface area contributed by atoms with Gasteiger partial charge in [-0.1, -0.05) is 39.0 Å². The molecule has 0 saturated carbocycles. The summed E-state index contributed by atoms with van der Waals surface area (Å²) >= 11 is 0. The zero-order chi connectivity index (χ0) is 18.6. The van der Waals surface area contributed by atoms with Crippen molar-refractivity contribution in [3.05, 3.63) is 59.2 Å². The standard InChI is InChI=1S/C21H27NO3/c1-14(16-9-12-18(24-5)19(13-16)25-6)22-20(23)15-7-10-17(11-8-15)21(2,3)4/h7-14H,1-6H3,(H,22,23)/t14-/m0/s1. The van der Waals surface area contributed by atoms with E-state index in [0.717, 1.165) is 5.56 Å². The highest BCUT2D eigenvalue weighted by atomic mass is 16.5. The van der Waals surface area contributed by atoms with Gasteiger partial charge in [-0.3, -0.25) is 4.79 Å². The predicted molar refractivity (Wildman–Crippen MR) is 101 cm³/mol. The lowest BCUT2D eigenvalue weighted by atomic mass is 9.86. The Bertz CT molecular complexity index is 730. The Labute approximate surface area is 150 Å². The molecule has 1 N–H and O–H groups in total. The molecule has 0 bridgehead atoms. The average molecular weight is 341 g/mol. The quantitative estimate of drug-likeness (QED) is 0.871. The molecule has 25 heavy (non-hydrogen) atoms. The molecule has 134 valence electrons. The second kappa shape index (κ2) is 7.60. The molecule has 0 spiro atoms. The molecule has 2 aromatic carbocycles. The second-order valence-electron chi connectivity index (χ2n) is 7.14. The highest BCUT2D eigenvalue weighted by molar-refractivity contribution is 5.94. The van der Waals surface area contributed by atoms with Gasteiger partial charge in [-0.05, 0) is 47.7 Å². The smallest absolute Gasteiger partial charge is 0.251 e. The van der Waals surface area contributed by atoms with Gasteiger partial charge in [0, 0.05) is 5.56 Å². The largest absolute Gasteiger partial charge is 0.493 e. The molecular weight excluding hydrogens is 314 g/mol. The van der Waals surface area contributed by atoms with Crippen molar-refractivity contribution in [2.24, 2.45) is 0 Å². The number of nitrogens with one attached hydrogen (secondary N) is 1. The molecule has 1 atom stereocenters. The van der Waals surface area contributed by atoms with Gasteiger partial charge in [0.05, 0.1) is 20.3 Å². The van der Waals surface area contributed by atoms with Crippen LogP contribution in [-0.2, 0) is 5.41 Å². The summed E-state index contributed by atoms with van der Waals surface area (Å²) in [7, 11) is 3.20. The highest BCUT2D eigenvalue weighted by Crippen LogP contribution is 2.30. The third-order valence-electron chi connectivity index (χ3n) is 4.27. The van der Waals surface area contributed by atoms with Crippen molar-refractivity contribution in [3.8, 4) is 11.5 Å². The molecule has 0 saturated heterocycles. The molecule has 0 aromatic heterocycles. The molecule has 4 heteroatoms. The number of carbonyl (C=O) groups is 1. The van der Waals surface area contributed by atoms with Crippen LogP contribution < -0.4 is 14.8 Å². The third kappa shape index (κ3) is 4.53. The lowest BCUT2D eigenvalue weighted by Crippen LogP contribution is -2.26. The lowest BCUT2D eigenvalue weighted by Gasteiger charge is -2.20. The van der Waals surface area contributed by atoms with E-state index in [1.807, 2.05) is 49.4 Å². The molecule has 0 unspecified atom stereocenters. The lowest BCUT2D eigenvalue weighted by molar-refractivity contribution is 0.0939. The maximum atomic E-state index is 12.5. The van der Waals surface area contributed by atoms with Crippen LogP contribution in [0.4, 0.5) is 0 Å². The molecule has 2 rings (SSSR count). The van der Waals surface area contributed by atoms with Crippen LogP contribution in [-0.4, -0.2) is 20.1 Å². The van der Waals surface area contributed by atoms with E-state index >= 15 is 0 Å². The SMILES string of the molecule is COc1ccc([C@H](C)NC(=O)c2ccc(C(C)(C)C)cc2)cc1OC. The van der Waals surface area contributed by atoms with Crippen molar-refractivity contribution in [2.75, 3.05) is 14.2 Å². The Hall–Kier alpha value is -2.49. The third-order valence-corrected chi connectivity index (χ3v) is 4.27. The second-order valence-corrected chi connectivity index (χ2v) is 7.14. The van der Waals surface area contributed by atoms with E-state index in [1.54, 1.807) is 14.2 Å². The monoisotopic (exact) mass is 341 g/mol. The van der Waals surface area contributed by atoms with Crippen LogP contribution in [0.25, 0.3) is 0 Å². The van der Waals surface area contributed by atoms with Gasteiger partial charge in [0.2, 0.25) is 0 Å². The minimum absolute atomic E-state index is 0.0714. The number of hydrogen-bond acceptors (Lipinski definition) is 3. The summed E-state index contributed by atoms with van der Waals surface area (Å²) < 4.78 is 10.6. The van der Waals surface area contributed by atoms with Crippen LogP contribution in [0.3, 0.4) is 0 Å². The minimum Gasteiger partial charge on any atom is -0.493 e. The van der Waals surface area contributed by atoms with Gasteiger partial charge in [-0.25, -0.2) is 0 Å². The average Bonchev–Trinajstić information content (AvgIpc) is 2.60. The van der Waals surface area contributed by atoms with E-state index < -0.39 is 0 Å². The van der Waals surface area contributed by atoms with E-state index in [0.29, 0.717) is 17.1 Å². The Kier molecular flexibility index (Phi) is 5.73.